The number of hydrogen-bond acceptors (Lipinski definition) is 3. The molecule has 3 rings (SSSR count). The van der Waals surface area contributed by atoms with Gasteiger partial charge in [-0.15, -0.1) is 0 Å². The first-order chi connectivity index (χ1) is 12.6. The number of anilines is 1. The number of hydrogen-bond donors (Lipinski definition) is 1. The maximum absolute atomic E-state index is 12.3. The molecule has 0 spiro atoms. The van der Waals surface area contributed by atoms with Crippen molar-refractivity contribution in [3.63, 3.8) is 0 Å². The summed E-state index contributed by atoms with van der Waals surface area (Å²) >= 11 is 0. The van der Waals surface area contributed by atoms with E-state index in [0.29, 0.717) is 6.54 Å². The van der Waals surface area contributed by atoms with E-state index in [-0.39, 0.29) is 5.91 Å². The van der Waals surface area contributed by atoms with Crippen LogP contribution in [0, 0.1) is 6.92 Å². The molecule has 0 aromatic heterocycles. The van der Waals surface area contributed by atoms with Crippen LogP contribution in [0.4, 0.5) is 5.69 Å². The topological polar surface area (TPSA) is 41.6 Å². The van der Waals surface area contributed by atoms with Gasteiger partial charge in [-0.25, -0.2) is 0 Å². The predicted octanol–water partition coefficient (Wildman–Crippen LogP) is 3.72. The minimum absolute atomic E-state index is 0.0627. The van der Waals surface area contributed by atoms with Crippen molar-refractivity contribution in [1.29, 1.82) is 0 Å². The minimum atomic E-state index is -0.494. The molecule has 0 fully saturated rings. The Bertz CT molecular complexity index is 744. The number of para-hydroxylation sites is 2. The Morgan fingerprint density at radius 3 is 2.81 bits per heavy atom. The van der Waals surface area contributed by atoms with Crippen molar-refractivity contribution in [3.8, 4) is 5.75 Å². The molecule has 138 valence electrons. The van der Waals surface area contributed by atoms with Crippen LogP contribution in [0.3, 0.4) is 0 Å². The SMILES string of the molecule is Cc1ccccc1OC(C)C(=O)NCCCN1CCCc2ccccc21. The van der Waals surface area contributed by atoms with E-state index >= 15 is 0 Å². The summed E-state index contributed by atoms with van der Waals surface area (Å²) in [5.74, 6) is 0.701. The van der Waals surface area contributed by atoms with E-state index in [4.69, 9.17) is 4.74 Å². The van der Waals surface area contributed by atoms with Crippen molar-refractivity contribution in [3.05, 3.63) is 59.7 Å². The van der Waals surface area contributed by atoms with Crippen LogP contribution >= 0.6 is 0 Å². The third-order valence-electron chi connectivity index (χ3n) is 4.88. The van der Waals surface area contributed by atoms with Gasteiger partial charge in [0.15, 0.2) is 6.10 Å². The summed E-state index contributed by atoms with van der Waals surface area (Å²) in [6.45, 7) is 6.50. The Hall–Kier alpha value is -2.49. The first-order valence-electron chi connectivity index (χ1n) is 9.48. The molecule has 0 radical (unpaired) electrons. The van der Waals surface area contributed by atoms with Crippen molar-refractivity contribution in [2.45, 2.75) is 39.2 Å². The Morgan fingerprint density at radius 1 is 1.19 bits per heavy atom. The Kier molecular flexibility index (Phi) is 6.16. The first kappa shape index (κ1) is 18.3. The van der Waals surface area contributed by atoms with Crippen LogP contribution in [0.5, 0.6) is 5.75 Å². The summed E-state index contributed by atoms with van der Waals surface area (Å²) in [5.41, 5.74) is 3.82. The summed E-state index contributed by atoms with van der Waals surface area (Å²) in [6, 6.07) is 16.4. The van der Waals surface area contributed by atoms with E-state index in [9.17, 15) is 4.79 Å². The molecule has 1 atom stereocenters. The molecule has 4 nitrogen and oxygen atoms in total. The summed E-state index contributed by atoms with van der Waals surface area (Å²) in [4.78, 5) is 14.7. The van der Waals surface area contributed by atoms with Gasteiger partial charge in [0, 0.05) is 25.3 Å². The molecule has 0 bridgehead atoms. The van der Waals surface area contributed by atoms with Gasteiger partial charge in [0.25, 0.3) is 5.91 Å². The van der Waals surface area contributed by atoms with Gasteiger partial charge in [0.2, 0.25) is 0 Å². The van der Waals surface area contributed by atoms with Crippen molar-refractivity contribution in [2.24, 2.45) is 0 Å². The van der Waals surface area contributed by atoms with Crippen molar-refractivity contribution in [1.82, 2.24) is 5.32 Å². The van der Waals surface area contributed by atoms with Gasteiger partial charge in [0.05, 0.1) is 0 Å². The van der Waals surface area contributed by atoms with Gasteiger partial charge in [0.1, 0.15) is 5.75 Å². The highest BCUT2D eigenvalue weighted by Crippen LogP contribution is 2.26. The molecule has 2 aromatic carbocycles. The number of aryl methyl sites for hydroxylation is 2. The van der Waals surface area contributed by atoms with Gasteiger partial charge < -0.3 is 15.0 Å². The standard InChI is InChI=1S/C22H28N2O2/c1-17-9-3-6-13-21(17)26-18(2)22(25)23-14-8-16-24-15-7-11-19-10-4-5-12-20(19)24/h3-6,9-10,12-13,18H,7-8,11,14-16H2,1-2H3,(H,23,25). The lowest BCUT2D eigenvalue weighted by Gasteiger charge is -2.31. The monoisotopic (exact) mass is 352 g/mol. The average Bonchev–Trinajstić information content (AvgIpc) is 2.67. The number of fused-ring (bicyclic) bond motifs is 1. The predicted molar refractivity (Wildman–Crippen MR) is 106 cm³/mol. The molecule has 0 aliphatic carbocycles. The fourth-order valence-corrected chi connectivity index (χ4v) is 3.40. The second-order valence-electron chi connectivity index (χ2n) is 6.89. The molecule has 1 aliphatic heterocycles. The normalized spacial score (nSPS) is 14.5. The van der Waals surface area contributed by atoms with Crippen LogP contribution in [0.25, 0.3) is 0 Å². The molecule has 0 saturated heterocycles. The molecule has 1 amide bonds. The van der Waals surface area contributed by atoms with E-state index in [1.807, 2.05) is 31.2 Å². The molecular weight excluding hydrogens is 324 g/mol. The minimum Gasteiger partial charge on any atom is -0.481 e. The highest BCUT2D eigenvalue weighted by Gasteiger charge is 2.17. The molecule has 1 unspecified atom stereocenters. The van der Waals surface area contributed by atoms with E-state index in [1.165, 1.54) is 17.7 Å². The molecule has 1 aliphatic rings. The van der Waals surface area contributed by atoms with Crippen LogP contribution in [0.2, 0.25) is 0 Å². The van der Waals surface area contributed by atoms with Gasteiger partial charge in [-0.05, 0) is 56.4 Å². The average molecular weight is 352 g/mol. The van der Waals surface area contributed by atoms with Crippen LogP contribution < -0.4 is 15.0 Å². The van der Waals surface area contributed by atoms with E-state index in [2.05, 4.69) is 34.5 Å². The fraction of sp³-hybridized carbons (Fsp3) is 0.409. The van der Waals surface area contributed by atoms with Crippen molar-refractivity contribution in [2.75, 3.05) is 24.5 Å². The number of ether oxygens (including phenoxy) is 1. The summed E-state index contributed by atoms with van der Waals surface area (Å²) in [7, 11) is 0. The molecule has 4 heteroatoms. The smallest absolute Gasteiger partial charge is 0.260 e. The maximum atomic E-state index is 12.3. The Balaban J connectivity index is 1.42. The lowest BCUT2D eigenvalue weighted by atomic mass is 10.0. The zero-order valence-electron chi connectivity index (χ0n) is 15.7. The van der Waals surface area contributed by atoms with Crippen molar-refractivity contribution < 1.29 is 9.53 Å². The fourth-order valence-electron chi connectivity index (χ4n) is 3.40. The molecule has 26 heavy (non-hydrogen) atoms. The molecular formula is C22H28N2O2. The third kappa shape index (κ3) is 4.57. The zero-order valence-corrected chi connectivity index (χ0v) is 15.7. The zero-order chi connectivity index (χ0) is 18.4. The lowest BCUT2D eigenvalue weighted by molar-refractivity contribution is -0.127. The number of nitrogens with zero attached hydrogens (tertiary/aromatic N) is 1. The molecule has 2 aromatic rings. The van der Waals surface area contributed by atoms with Gasteiger partial charge in [-0.3, -0.25) is 4.79 Å². The highest BCUT2D eigenvalue weighted by atomic mass is 16.5. The lowest BCUT2D eigenvalue weighted by Crippen LogP contribution is -2.38. The second kappa shape index (κ2) is 8.75. The number of carbonyl (C=O) groups is 1. The largest absolute Gasteiger partial charge is 0.481 e. The molecule has 1 heterocycles. The van der Waals surface area contributed by atoms with Crippen LogP contribution in [-0.4, -0.2) is 31.6 Å². The first-order valence-corrected chi connectivity index (χ1v) is 9.48. The van der Waals surface area contributed by atoms with Crippen LogP contribution in [-0.2, 0) is 11.2 Å². The van der Waals surface area contributed by atoms with Crippen LogP contribution in [0.1, 0.15) is 30.9 Å². The van der Waals surface area contributed by atoms with Gasteiger partial charge >= 0.3 is 0 Å². The maximum Gasteiger partial charge on any atom is 0.260 e. The van der Waals surface area contributed by atoms with Crippen LogP contribution in [0.15, 0.2) is 48.5 Å². The number of amides is 1. The Labute approximate surface area is 156 Å². The molecule has 0 saturated carbocycles. The second-order valence-corrected chi connectivity index (χ2v) is 6.89. The number of rotatable bonds is 7. The highest BCUT2D eigenvalue weighted by molar-refractivity contribution is 5.80. The van der Waals surface area contributed by atoms with E-state index in [1.54, 1.807) is 6.92 Å². The quantitative estimate of drug-likeness (QED) is 0.772. The summed E-state index contributed by atoms with van der Waals surface area (Å²) in [6.07, 6.45) is 2.80. The summed E-state index contributed by atoms with van der Waals surface area (Å²) in [5, 5.41) is 3.00. The van der Waals surface area contributed by atoms with E-state index in [0.717, 1.165) is 37.2 Å². The van der Waals surface area contributed by atoms with E-state index < -0.39 is 6.10 Å². The summed E-state index contributed by atoms with van der Waals surface area (Å²) < 4.78 is 5.78. The third-order valence-corrected chi connectivity index (χ3v) is 4.88. The number of carbonyl (C=O) groups excluding carboxylic acids is 1. The van der Waals surface area contributed by atoms with Gasteiger partial charge in [-0.2, -0.15) is 0 Å². The van der Waals surface area contributed by atoms with Gasteiger partial charge in [-0.1, -0.05) is 36.4 Å². The molecule has 1 N–H and O–H groups in total. The Morgan fingerprint density at radius 2 is 1.96 bits per heavy atom. The number of benzene rings is 2. The van der Waals surface area contributed by atoms with Crippen molar-refractivity contribution >= 4 is 11.6 Å². The number of nitrogens with one attached hydrogen (secondary N) is 1.